The van der Waals surface area contributed by atoms with E-state index >= 15 is 0 Å². The molecular formula is C26H24N6O2. The largest absolute Gasteiger partial charge is 0.365 e. The first-order valence-corrected chi connectivity index (χ1v) is 11.4. The molecule has 3 aliphatic rings. The van der Waals surface area contributed by atoms with Crippen molar-refractivity contribution in [1.82, 2.24) is 19.4 Å². The van der Waals surface area contributed by atoms with Crippen LogP contribution in [-0.4, -0.2) is 38.9 Å². The van der Waals surface area contributed by atoms with E-state index in [9.17, 15) is 9.59 Å². The molecule has 8 nitrogen and oxygen atoms in total. The molecule has 4 aromatic rings. The first-order valence-electron chi connectivity index (χ1n) is 11.4. The molecule has 34 heavy (non-hydrogen) atoms. The Morgan fingerprint density at radius 1 is 1.18 bits per heavy atom. The Kier molecular flexibility index (Phi) is 4.70. The van der Waals surface area contributed by atoms with Gasteiger partial charge in [-0.1, -0.05) is 18.2 Å². The molecule has 0 fully saturated rings. The second kappa shape index (κ2) is 7.78. The molecule has 1 atom stereocenters. The zero-order chi connectivity index (χ0) is 23.4. The normalized spacial score (nSPS) is 17.3. The molecule has 2 aromatic heterocycles. The lowest BCUT2D eigenvalue weighted by Crippen LogP contribution is -2.25. The molecule has 0 radical (unpaired) electrons. The van der Waals surface area contributed by atoms with Crippen LogP contribution in [-0.2, 0) is 12.8 Å². The molecule has 0 saturated carbocycles. The second-order valence-corrected chi connectivity index (χ2v) is 9.03. The standard InChI is InChI=1S/C26H24N6O2/c1-31-10-9-15-3-2-4-17(11-15)29-26-28-13-20-23(33)21(24(27)34)14-32(25(20)30-26)18-6-7-19-16(12-18)5-8-22(19)31/h2-4,6-7,11-14,22H,5,8-10H2,1H3,(H2,27,34)(H,28,29,30). The van der Waals surface area contributed by atoms with E-state index in [0.29, 0.717) is 17.6 Å². The van der Waals surface area contributed by atoms with Crippen LogP contribution >= 0.6 is 0 Å². The molecule has 0 saturated heterocycles. The van der Waals surface area contributed by atoms with Gasteiger partial charge in [0.05, 0.1) is 5.39 Å². The van der Waals surface area contributed by atoms with E-state index in [-0.39, 0.29) is 10.9 Å². The number of hydrogen-bond acceptors (Lipinski definition) is 6. The summed E-state index contributed by atoms with van der Waals surface area (Å²) in [6.07, 6.45) is 5.91. The fourth-order valence-electron chi connectivity index (χ4n) is 5.13. The molecule has 2 aliphatic heterocycles. The number of aromatic nitrogens is 3. The van der Waals surface area contributed by atoms with Crippen LogP contribution in [0, 0.1) is 0 Å². The number of anilines is 2. The van der Waals surface area contributed by atoms with Crippen molar-refractivity contribution in [3.8, 4) is 5.69 Å². The van der Waals surface area contributed by atoms with Crippen molar-refractivity contribution >= 4 is 28.6 Å². The van der Waals surface area contributed by atoms with Gasteiger partial charge in [-0.25, -0.2) is 4.98 Å². The molecule has 170 valence electrons. The van der Waals surface area contributed by atoms with Crippen molar-refractivity contribution in [2.24, 2.45) is 5.73 Å². The number of fused-ring (bicyclic) bond motifs is 3. The van der Waals surface area contributed by atoms with Crippen LogP contribution in [0.2, 0.25) is 0 Å². The number of aryl methyl sites for hydroxylation is 1. The van der Waals surface area contributed by atoms with Crippen LogP contribution in [0.3, 0.4) is 0 Å². The zero-order valence-corrected chi connectivity index (χ0v) is 18.8. The Labute approximate surface area is 196 Å². The second-order valence-electron chi connectivity index (χ2n) is 9.03. The maximum atomic E-state index is 13.0. The predicted molar refractivity (Wildman–Crippen MR) is 131 cm³/mol. The van der Waals surface area contributed by atoms with Crippen molar-refractivity contribution in [3.05, 3.63) is 87.3 Å². The summed E-state index contributed by atoms with van der Waals surface area (Å²) in [6, 6.07) is 14.9. The highest BCUT2D eigenvalue weighted by atomic mass is 16.2. The highest BCUT2D eigenvalue weighted by Crippen LogP contribution is 2.36. The summed E-state index contributed by atoms with van der Waals surface area (Å²) in [5, 5.41) is 3.51. The van der Waals surface area contributed by atoms with Gasteiger partial charge in [-0.15, -0.1) is 0 Å². The fraction of sp³-hybridized carbons (Fsp3) is 0.231. The maximum absolute atomic E-state index is 13.0. The van der Waals surface area contributed by atoms with E-state index in [1.807, 2.05) is 18.2 Å². The molecule has 1 aliphatic carbocycles. The molecule has 8 heteroatoms. The average molecular weight is 453 g/mol. The van der Waals surface area contributed by atoms with E-state index in [1.165, 1.54) is 29.1 Å². The minimum atomic E-state index is -0.773. The first kappa shape index (κ1) is 20.6. The molecule has 4 heterocycles. The minimum Gasteiger partial charge on any atom is -0.365 e. The lowest BCUT2D eigenvalue weighted by atomic mass is 10.0. The Bertz CT molecular complexity index is 1530. The van der Waals surface area contributed by atoms with Gasteiger partial charge in [0.25, 0.3) is 5.91 Å². The minimum absolute atomic E-state index is 0.0861. The number of nitrogens with two attached hydrogens (primary N) is 1. The smallest absolute Gasteiger partial charge is 0.254 e. The first-order chi connectivity index (χ1) is 16.5. The Hall–Kier alpha value is -4.04. The van der Waals surface area contributed by atoms with Crippen LogP contribution < -0.4 is 16.5 Å². The van der Waals surface area contributed by atoms with Crippen molar-refractivity contribution in [1.29, 1.82) is 0 Å². The van der Waals surface area contributed by atoms with E-state index < -0.39 is 11.3 Å². The number of nitrogens with one attached hydrogen (secondary N) is 1. The number of pyridine rings is 1. The van der Waals surface area contributed by atoms with E-state index in [4.69, 9.17) is 5.73 Å². The molecule has 2 aromatic carbocycles. The Morgan fingerprint density at radius 3 is 2.91 bits per heavy atom. The van der Waals surface area contributed by atoms with E-state index in [2.05, 4.69) is 51.5 Å². The molecule has 3 N–H and O–H groups in total. The van der Waals surface area contributed by atoms with Crippen LogP contribution in [0.1, 0.15) is 39.5 Å². The highest BCUT2D eigenvalue weighted by Gasteiger charge is 2.27. The quantitative estimate of drug-likeness (QED) is 0.460. The lowest BCUT2D eigenvalue weighted by Gasteiger charge is -2.25. The molecule has 7 rings (SSSR count). The van der Waals surface area contributed by atoms with E-state index in [1.54, 1.807) is 4.57 Å². The Morgan fingerprint density at radius 2 is 2.06 bits per heavy atom. The Balaban J connectivity index is 1.62. The summed E-state index contributed by atoms with van der Waals surface area (Å²) in [5.74, 6) is -0.403. The van der Waals surface area contributed by atoms with Gasteiger partial charge in [-0.3, -0.25) is 14.5 Å². The number of benzene rings is 2. The van der Waals surface area contributed by atoms with Gasteiger partial charge < -0.3 is 15.6 Å². The van der Waals surface area contributed by atoms with Crippen molar-refractivity contribution in [2.75, 3.05) is 18.9 Å². The van der Waals surface area contributed by atoms with Gasteiger partial charge in [0.2, 0.25) is 11.4 Å². The molecule has 1 amide bonds. The van der Waals surface area contributed by atoms with Crippen LogP contribution in [0.4, 0.5) is 11.6 Å². The van der Waals surface area contributed by atoms with Crippen molar-refractivity contribution in [3.63, 3.8) is 0 Å². The predicted octanol–water partition coefficient (Wildman–Crippen LogP) is 3.10. The van der Waals surface area contributed by atoms with Gasteiger partial charge in [0.1, 0.15) is 5.56 Å². The molecule has 8 bridgehead atoms. The number of hydrogen-bond donors (Lipinski definition) is 2. The van der Waals surface area contributed by atoms with Gasteiger partial charge in [0.15, 0.2) is 5.65 Å². The van der Waals surface area contributed by atoms with Crippen LogP contribution in [0.25, 0.3) is 16.7 Å². The number of carbonyl (C=O) groups is 1. The van der Waals surface area contributed by atoms with Crippen molar-refractivity contribution in [2.45, 2.75) is 25.3 Å². The number of amides is 1. The monoisotopic (exact) mass is 452 g/mol. The summed E-state index contributed by atoms with van der Waals surface area (Å²) in [6.45, 7) is 0.948. The summed E-state index contributed by atoms with van der Waals surface area (Å²) in [7, 11) is 2.18. The maximum Gasteiger partial charge on any atom is 0.254 e. The topological polar surface area (TPSA) is 106 Å². The number of carbonyl (C=O) groups excluding carboxylic acids is 1. The third-order valence-corrected chi connectivity index (χ3v) is 6.93. The SMILES string of the molecule is CN1CCc2cccc(c2)Nc2ncc3c(=O)c(C(N)=O)cn(c3n2)-c2ccc3c(c2)CCC31. The molecule has 0 spiro atoms. The molecular weight excluding hydrogens is 428 g/mol. The fourth-order valence-corrected chi connectivity index (χ4v) is 5.13. The highest BCUT2D eigenvalue weighted by molar-refractivity contribution is 5.96. The third-order valence-electron chi connectivity index (χ3n) is 6.93. The summed E-state index contributed by atoms with van der Waals surface area (Å²) >= 11 is 0. The summed E-state index contributed by atoms with van der Waals surface area (Å²) in [4.78, 5) is 36.5. The van der Waals surface area contributed by atoms with E-state index in [0.717, 1.165) is 37.2 Å². The van der Waals surface area contributed by atoms with Crippen LogP contribution in [0.15, 0.2) is 59.7 Å². The van der Waals surface area contributed by atoms with Crippen molar-refractivity contribution < 1.29 is 4.79 Å². The number of primary amides is 1. The van der Waals surface area contributed by atoms with Gasteiger partial charge in [0, 0.05) is 36.4 Å². The third kappa shape index (κ3) is 3.34. The summed E-state index contributed by atoms with van der Waals surface area (Å²) in [5.41, 5.74) is 10.9. The number of rotatable bonds is 1. The van der Waals surface area contributed by atoms with Gasteiger partial charge in [-0.2, -0.15) is 4.98 Å². The number of nitrogens with zero attached hydrogens (tertiary/aromatic N) is 4. The number of likely N-dealkylation sites (N-methyl/N-ethyl adjacent to an activating group) is 1. The zero-order valence-electron chi connectivity index (χ0n) is 18.8. The average Bonchev–Trinajstić information content (AvgIpc) is 3.26. The summed E-state index contributed by atoms with van der Waals surface area (Å²) < 4.78 is 1.77. The van der Waals surface area contributed by atoms with Crippen LogP contribution in [0.5, 0.6) is 0 Å². The molecule has 1 unspecified atom stereocenters. The van der Waals surface area contributed by atoms with Gasteiger partial charge in [-0.05, 0) is 67.3 Å². The lowest BCUT2D eigenvalue weighted by molar-refractivity contribution is 0.0999. The van der Waals surface area contributed by atoms with Gasteiger partial charge >= 0.3 is 0 Å².